The van der Waals surface area contributed by atoms with Crippen molar-refractivity contribution in [3.63, 3.8) is 0 Å². The van der Waals surface area contributed by atoms with E-state index in [0.29, 0.717) is 28.5 Å². The average molecular weight is 310 g/mol. The summed E-state index contributed by atoms with van der Waals surface area (Å²) in [5.74, 6) is 1.22. The van der Waals surface area contributed by atoms with Crippen LogP contribution in [0.5, 0.6) is 0 Å². The van der Waals surface area contributed by atoms with Crippen LogP contribution in [0.2, 0.25) is 5.15 Å². The molecule has 0 spiro atoms. The van der Waals surface area contributed by atoms with Gasteiger partial charge < -0.3 is 10.2 Å². The van der Waals surface area contributed by atoms with Crippen LogP contribution >= 0.6 is 11.6 Å². The van der Waals surface area contributed by atoms with E-state index in [1.165, 1.54) is 0 Å². The zero-order valence-electron chi connectivity index (χ0n) is 13.0. The summed E-state index contributed by atoms with van der Waals surface area (Å²) in [7, 11) is 0. The highest BCUT2D eigenvalue weighted by Gasteiger charge is 2.31. The Hall–Kier alpha value is -1.29. The van der Waals surface area contributed by atoms with Crippen molar-refractivity contribution >= 4 is 23.3 Å². The van der Waals surface area contributed by atoms with Crippen molar-refractivity contribution in [1.29, 1.82) is 0 Å². The second-order valence-corrected chi connectivity index (χ2v) is 6.33. The molecule has 1 unspecified atom stereocenters. The van der Waals surface area contributed by atoms with Crippen molar-refractivity contribution in [2.45, 2.75) is 46.1 Å². The summed E-state index contributed by atoms with van der Waals surface area (Å²) in [6.07, 6.45) is 3.16. The Balaban J connectivity index is 2.20. The normalized spacial score (nSPS) is 18.3. The number of aromatic nitrogens is 1. The van der Waals surface area contributed by atoms with E-state index in [2.05, 4.69) is 31.1 Å². The molecule has 116 valence electrons. The third-order valence-electron chi connectivity index (χ3n) is 3.93. The van der Waals surface area contributed by atoms with Crippen LogP contribution in [0.4, 0.5) is 5.82 Å². The fraction of sp³-hybridized carbons (Fsp3) is 0.625. The van der Waals surface area contributed by atoms with E-state index >= 15 is 0 Å². The molecule has 1 amide bonds. The largest absolute Gasteiger partial charge is 0.370 e. The number of nitrogens with zero attached hydrogens (tertiary/aromatic N) is 2. The lowest BCUT2D eigenvalue weighted by molar-refractivity contribution is 0.0701. The number of anilines is 1. The third kappa shape index (κ3) is 3.88. The summed E-state index contributed by atoms with van der Waals surface area (Å²) in [6, 6.07) is 3.80. The zero-order chi connectivity index (χ0) is 15.4. The smallest absolute Gasteiger partial charge is 0.254 e. The van der Waals surface area contributed by atoms with Crippen molar-refractivity contribution in [3.8, 4) is 0 Å². The van der Waals surface area contributed by atoms with E-state index in [1.54, 1.807) is 12.1 Å². The highest BCUT2D eigenvalue weighted by atomic mass is 35.5. The quantitative estimate of drug-likeness (QED) is 0.841. The molecule has 1 N–H and O–H groups in total. The predicted molar refractivity (Wildman–Crippen MR) is 86.9 cm³/mol. The molecule has 21 heavy (non-hydrogen) atoms. The molecule has 1 atom stereocenters. The first-order valence-corrected chi connectivity index (χ1v) is 8.13. The SMILES string of the molecule is CCCNc1cc(C(=O)N2CCCC2C(C)C)cc(Cl)n1. The van der Waals surface area contributed by atoms with Gasteiger partial charge in [0.2, 0.25) is 0 Å². The van der Waals surface area contributed by atoms with Crippen LogP contribution in [0.1, 0.15) is 50.4 Å². The minimum absolute atomic E-state index is 0.0649. The van der Waals surface area contributed by atoms with Gasteiger partial charge in [-0.3, -0.25) is 4.79 Å². The maximum atomic E-state index is 12.8. The highest BCUT2D eigenvalue weighted by Crippen LogP contribution is 2.26. The van der Waals surface area contributed by atoms with E-state index in [1.807, 2.05) is 4.90 Å². The van der Waals surface area contributed by atoms with Gasteiger partial charge in [-0.2, -0.15) is 0 Å². The Bertz CT molecular complexity index is 504. The maximum absolute atomic E-state index is 12.8. The fourth-order valence-corrected chi connectivity index (χ4v) is 3.08. The summed E-state index contributed by atoms with van der Waals surface area (Å²) >= 11 is 6.06. The monoisotopic (exact) mass is 309 g/mol. The maximum Gasteiger partial charge on any atom is 0.254 e. The van der Waals surface area contributed by atoms with E-state index in [9.17, 15) is 4.79 Å². The summed E-state index contributed by atoms with van der Waals surface area (Å²) in [6.45, 7) is 8.08. The standard InChI is InChI=1S/C16H24ClN3O/c1-4-7-18-15-10-12(9-14(17)19-15)16(21)20-8-5-6-13(20)11(2)3/h9-11,13H,4-8H2,1-3H3,(H,18,19). The van der Waals surface area contributed by atoms with Gasteiger partial charge in [-0.05, 0) is 37.3 Å². The number of likely N-dealkylation sites (tertiary alicyclic amines) is 1. The number of rotatable bonds is 5. The topological polar surface area (TPSA) is 45.2 Å². The number of halogens is 1. The lowest BCUT2D eigenvalue weighted by Gasteiger charge is -2.28. The second kappa shape index (κ2) is 7.12. The minimum Gasteiger partial charge on any atom is -0.370 e. The van der Waals surface area contributed by atoms with E-state index < -0.39 is 0 Å². The number of carbonyl (C=O) groups excluding carboxylic acids is 1. The van der Waals surface area contributed by atoms with Gasteiger partial charge in [0, 0.05) is 24.7 Å². The fourth-order valence-electron chi connectivity index (χ4n) is 2.87. The van der Waals surface area contributed by atoms with Gasteiger partial charge in [0.05, 0.1) is 0 Å². The minimum atomic E-state index is 0.0649. The molecule has 1 aromatic rings. The molecule has 0 saturated carbocycles. The van der Waals surface area contributed by atoms with Crippen LogP contribution in [0.3, 0.4) is 0 Å². The Labute approximate surface area is 131 Å². The van der Waals surface area contributed by atoms with Crippen LogP contribution in [0.25, 0.3) is 0 Å². The van der Waals surface area contributed by atoms with Crippen molar-refractivity contribution in [3.05, 3.63) is 22.8 Å². The average Bonchev–Trinajstić information content (AvgIpc) is 2.93. The summed E-state index contributed by atoms with van der Waals surface area (Å²) in [4.78, 5) is 19.0. The molecule has 1 aliphatic rings. The Morgan fingerprint density at radius 1 is 1.52 bits per heavy atom. The molecular formula is C16H24ClN3O. The lowest BCUT2D eigenvalue weighted by Crippen LogP contribution is -2.38. The first-order valence-electron chi connectivity index (χ1n) is 7.75. The van der Waals surface area contributed by atoms with Crippen LogP contribution in [-0.4, -0.2) is 34.9 Å². The van der Waals surface area contributed by atoms with E-state index in [-0.39, 0.29) is 5.91 Å². The molecule has 1 fully saturated rings. The van der Waals surface area contributed by atoms with Crippen LogP contribution in [-0.2, 0) is 0 Å². The van der Waals surface area contributed by atoms with Crippen molar-refractivity contribution < 1.29 is 4.79 Å². The molecule has 2 heterocycles. The van der Waals surface area contributed by atoms with Crippen molar-refractivity contribution in [2.75, 3.05) is 18.4 Å². The molecule has 4 nitrogen and oxygen atoms in total. The highest BCUT2D eigenvalue weighted by molar-refractivity contribution is 6.29. The van der Waals surface area contributed by atoms with E-state index in [4.69, 9.17) is 11.6 Å². The number of carbonyl (C=O) groups is 1. The summed E-state index contributed by atoms with van der Waals surface area (Å²) < 4.78 is 0. The number of hydrogen-bond acceptors (Lipinski definition) is 3. The van der Waals surface area contributed by atoms with Crippen molar-refractivity contribution in [2.24, 2.45) is 5.92 Å². The molecule has 1 aromatic heterocycles. The molecule has 5 heteroatoms. The molecule has 2 rings (SSSR count). The Morgan fingerprint density at radius 2 is 2.29 bits per heavy atom. The second-order valence-electron chi connectivity index (χ2n) is 5.94. The first kappa shape index (κ1) is 16.1. The molecule has 1 saturated heterocycles. The summed E-state index contributed by atoms with van der Waals surface area (Å²) in [5, 5.41) is 3.55. The van der Waals surface area contributed by atoms with E-state index in [0.717, 1.165) is 32.4 Å². The van der Waals surface area contributed by atoms with Gasteiger partial charge in [-0.25, -0.2) is 4.98 Å². The number of hydrogen-bond donors (Lipinski definition) is 1. The Morgan fingerprint density at radius 3 is 2.95 bits per heavy atom. The van der Waals surface area contributed by atoms with Crippen LogP contribution < -0.4 is 5.32 Å². The summed E-state index contributed by atoms with van der Waals surface area (Å²) in [5.41, 5.74) is 0.626. The first-order chi connectivity index (χ1) is 10.0. The molecular weight excluding hydrogens is 286 g/mol. The molecule has 0 bridgehead atoms. The molecule has 0 aliphatic carbocycles. The predicted octanol–water partition coefficient (Wildman–Crippen LogP) is 3.82. The third-order valence-corrected chi connectivity index (χ3v) is 4.12. The van der Waals surface area contributed by atoms with Crippen LogP contribution in [0.15, 0.2) is 12.1 Å². The van der Waals surface area contributed by atoms with Gasteiger partial charge in [-0.1, -0.05) is 32.4 Å². The molecule has 1 aliphatic heterocycles. The molecule has 0 radical (unpaired) electrons. The van der Waals surface area contributed by atoms with Gasteiger partial charge >= 0.3 is 0 Å². The van der Waals surface area contributed by atoms with Gasteiger partial charge in [-0.15, -0.1) is 0 Å². The molecule has 0 aromatic carbocycles. The lowest BCUT2D eigenvalue weighted by atomic mass is 10.0. The van der Waals surface area contributed by atoms with Gasteiger partial charge in [0.15, 0.2) is 0 Å². The Kier molecular flexibility index (Phi) is 5.45. The van der Waals surface area contributed by atoms with Gasteiger partial charge in [0.25, 0.3) is 5.91 Å². The number of amides is 1. The van der Waals surface area contributed by atoms with Gasteiger partial charge in [0.1, 0.15) is 11.0 Å². The van der Waals surface area contributed by atoms with Crippen molar-refractivity contribution in [1.82, 2.24) is 9.88 Å². The number of pyridine rings is 1. The van der Waals surface area contributed by atoms with Crippen LogP contribution in [0, 0.1) is 5.92 Å². The zero-order valence-corrected chi connectivity index (χ0v) is 13.8. The number of nitrogens with one attached hydrogen (secondary N) is 1.